The van der Waals surface area contributed by atoms with Crippen LogP contribution in [0.15, 0.2) is 167 Å². The van der Waals surface area contributed by atoms with Crippen molar-refractivity contribution >= 4 is 45.7 Å². The molecule has 5 aromatic carbocycles. The first-order chi connectivity index (χ1) is 23.1. The maximum Gasteiger partial charge on any atom is 0.318 e. The van der Waals surface area contributed by atoms with Gasteiger partial charge in [-0.25, -0.2) is 10.0 Å². The Kier molecular flexibility index (Phi) is 8.46. The van der Waals surface area contributed by atoms with Gasteiger partial charge in [0.15, 0.2) is 5.84 Å². The Hall–Kier alpha value is -5.40. The summed E-state index contributed by atoms with van der Waals surface area (Å²) in [4.78, 5) is 22.8. The number of anilines is 2. The van der Waals surface area contributed by atoms with E-state index < -0.39 is 11.6 Å². The predicted octanol–water partition coefficient (Wildman–Crippen LogP) is 8.77. The molecule has 232 valence electrons. The highest BCUT2D eigenvalue weighted by Gasteiger charge is 2.67. The summed E-state index contributed by atoms with van der Waals surface area (Å²) in [7, 11) is 1.46. The third-order valence-electron chi connectivity index (χ3n) is 8.42. The Balaban J connectivity index is 1.55. The lowest BCUT2D eigenvalue weighted by atomic mass is 9.88. The van der Waals surface area contributed by atoms with E-state index in [2.05, 4.69) is 66.4 Å². The van der Waals surface area contributed by atoms with Crippen molar-refractivity contribution in [3.63, 3.8) is 0 Å². The Bertz CT molecular complexity index is 1950. The van der Waals surface area contributed by atoms with Crippen molar-refractivity contribution in [1.29, 1.82) is 0 Å². The SMILES string of the molecule is COC(=O)[C@@H]1/C(=C\Cc2ccccc2)SC(=Nc2ccccc2)[C@@]12N(c1ccccc1)N=C(c1ccc(C)cc1)N2c1ccccc1. The summed E-state index contributed by atoms with van der Waals surface area (Å²) in [6.07, 6.45) is 2.79. The van der Waals surface area contributed by atoms with Gasteiger partial charge in [0.05, 0.1) is 18.5 Å². The van der Waals surface area contributed by atoms with Gasteiger partial charge in [0, 0.05) is 16.2 Å². The summed E-state index contributed by atoms with van der Waals surface area (Å²) in [5.74, 6) is -0.451. The molecule has 0 radical (unpaired) electrons. The van der Waals surface area contributed by atoms with Gasteiger partial charge in [-0.2, -0.15) is 5.10 Å². The van der Waals surface area contributed by atoms with Crippen molar-refractivity contribution in [2.75, 3.05) is 17.0 Å². The molecule has 5 aromatic rings. The van der Waals surface area contributed by atoms with Crippen LogP contribution in [-0.2, 0) is 16.0 Å². The lowest BCUT2D eigenvalue weighted by Gasteiger charge is -2.44. The zero-order chi connectivity index (χ0) is 32.2. The second-order valence-corrected chi connectivity index (χ2v) is 12.5. The smallest absolute Gasteiger partial charge is 0.318 e. The van der Waals surface area contributed by atoms with Gasteiger partial charge in [-0.15, -0.1) is 0 Å². The van der Waals surface area contributed by atoms with E-state index in [1.54, 1.807) is 0 Å². The van der Waals surface area contributed by atoms with Crippen molar-refractivity contribution in [3.8, 4) is 0 Å². The van der Waals surface area contributed by atoms with Crippen molar-refractivity contribution in [1.82, 2.24) is 0 Å². The van der Waals surface area contributed by atoms with E-state index in [1.165, 1.54) is 18.9 Å². The fourth-order valence-corrected chi connectivity index (χ4v) is 7.57. The van der Waals surface area contributed by atoms with Crippen LogP contribution in [0.4, 0.5) is 17.1 Å². The second-order valence-electron chi connectivity index (χ2n) is 11.4. The first kappa shape index (κ1) is 30.3. The Labute approximate surface area is 279 Å². The van der Waals surface area contributed by atoms with Gasteiger partial charge >= 0.3 is 5.97 Å². The van der Waals surface area contributed by atoms with Crippen LogP contribution in [0.5, 0.6) is 0 Å². The van der Waals surface area contributed by atoms with Crippen molar-refractivity contribution in [2.45, 2.75) is 19.0 Å². The monoisotopic (exact) mass is 634 g/mol. The van der Waals surface area contributed by atoms with Gasteiger partial charge in [-0.05, 0) is 55.3 Å². The van der Waals surface area contributed by atoms with E-state index in [0.29, 0.717) is 12.3 Å². The molecule has 2 atom stereocenters. The Morgan fingerprint density at radius 2 is 1.38 bits per heavy atom. The molecule has 6 nitrogen and oxygen atoms in total. The summed E-state index contributed by atoms with van der Waals surface area (Å²) in [5, 5.41) is 8.11. The Morgan fingerprint density at radius 1 is 0.809 bits per heavy atom. The number of thioether (sulfide) groups is 1. The maximum absolute atomic E-state index is 14.4. The van der Waals surface area contributed by atoms with E-state index in [0.717, 1.165) is 43.7 Å². The fourth-order valence-electron chi connectivity index (χ4n) is 6.20. The third kappa shape index (κ3) is 5.64. The maximum atomic E-state index is 14.4. The number of amidine groups is 1. The molecule has 1 saturated heterocycles. The lowest BCUT2D eigenvalue weighted by molar-refractivity contribution is -0.144. The van der Waals surface area contributed by atoms with Gasteiger partial charge in [-0.1, -0.05) is 133 Å². The molecule has 0 bridgehead atoms. The highest BCUT2D eigenvalue weighted by molar-refractivity contribution is 8.18. The van der Waals surface area contributed by atoms with E-state index >= 15 is 0 Å². The number of ether oxygens (including phenoxy) is 1. The normalized spacial score (nSPS) is 20.6. The van der Waals surface area contributed by atoms with Crippen LogP contribution in [0.2, 0.25) is 0 Å². The highest BCUT2D eigenvalue weighted by Crippen LogP contribution is 2.56. The number of carbonyl (C=O) groups excluding carboxylic acids is 1. The summed E-state index contributed by atoms with van der Waals surface area (Å²) in [6, 6.07) is 48.7. The number of methoxy groups -OCH3 is 1. The van der Waals surface area contributed by atoms with E-state index in [1.807, 2.05) is 102 Å². The molecule has 2 aliphatic rings. The zero-order valence-corrected chi connectivity index (χ0v) is 27.0. The number of para-hydroxylation sites is 3. The van der Waals surface area contributed by atoms with Gasteiger partial charge < -0.3 is 4.74 Å². The van der Waals surface area contributed by atoms with Gasteiger partial charge in [-0.3, -0.25) is 9.69 Å². The number of carbonyl (C=O) groups is 1. The summed E-state index contributed by atoms with van der Waals surface area (Å²) in [6.45, 7) is 2.07. The number of allylic oxidation sites excluding steroid dienone is 1. The number of aryl methyl sites for hydroxylation is 1. The molecule has 0 aromatic heterocycles. The third-order valence-corrected chi connectivity index (χ3v) is 9.64. The Morgan fingerprint density at radius 3 is 2.00 bits per heavy atom. The number of nitrogens with zero attached hydrogens (tertiary/aromatic N) is 4. The second kappa shape index (κ2) is 13.1. The van der Waals surface area contributed by atoms with Gasteiger partial charge in [0.25, 0.3) is 0 Å². The average Bonchev–Trinajstić information content (AvgIpc) is 3.64. The first-order valence-electron chi connectivity index (χ1n) is 15.6. The molecular formula is C40H34N4O2S. The number of benzene rings is 5. The van der Waals surface area contributed by atoms with Crippen molar-refractivity contribution in [2.24, 2.45) is 16.0 Å². The minimum Gasteiger partial charge on any atom is -0.468 e. The average molecular weight is 635 g/mol. The van der Waals surface area contributed by atoms with Gasteiger partial charge in [0.2, 0.25) is 5.66 Å². The minimum atomic E-state index is -1.24. The molecule has 0 N–H and O–H groups in total. The molecular weight excluding hydrogens is 601 g/mol. The lowest BCUT2D eigenvalue weighted by Crippen LogP contribution is -2.65. The molecule has 7 heteroatoms. The van der Waals surface area contributed by atoms with E-state index in [4.69, 9.17) is 14.8 Å². The summed E-state index contributed by atoms with van der Waals surface area (Å²) in [5.41, 5.74) is 4.47. The number of aliphatic imine (C=N–C) groups is 1. The minimum absolute atomic E-state index is 0.364. The molecule has 0 aliphatic carbocycles. The number of hydrazone groups is 1. The fraction of sp³-hybridized carbons (Fsp3) is 0.125. The molecule has 0 amide bonds. The molecule has 1 spiro atoms. The van der Waals surface area contributed by atoms with Crippen LogP contribution in [0.3, 0.4) is 0 Å². The van der Waals surface area contributed by atoms with Gasteiger partial charge in [0.1, 0.15) is 11.0 Å². The first-order valence-corrected chi connectivity index (χ1v) is 16.4. The van der Waals surface area contributed by atoms with E-state index in [9.17, 15) is 4.79 Å². The highest BCUT2D eigenvalue weighted by atomic mass is 32.2. The van der Waals surface area contributed by atoms with Crippen molar-refractivity contribution in [3.05, 3.63) is 173 Å². The summed E-state index contributed by atoms with van der Waals surface area (Å²) >= 11 is 1.52. The van der Waals surface area contributed by atoms with Crippen LogP contribution < -0.4 is 9.91 Å². The van der Waals surface area contributed by atoms with Crippen LogP contribution in [0.25, 0.3) is 0 Å². The molecule has 0 saturated carbocycles. The quantitative estimate of drug-likeness (QED) is 0.168. The van der Waals surface area contributed by atoms with Crippen LogP contribution >= 0.6 is 11.8 Å². The topological polar surface area (TPSA) is 57.5 Å². The molecule has 1 fully saturated rings. The predicted molar refractivity (Wildman–Crippen MR) is 193 cm³/mol. The molecule has 2 aliphatic heterocycles. The zero-order valence-electron chi connectivity index (χ0n) is 26.2. The van der Waals surface area contributed by atoms with Crippen molar-refractivity contribution < 1.29 is 9.53 Å². The number of hydrogen-bond donors (Lipinski definition) is 0. The largest absolute Gasteiger partial charge is 0.468 e. The number of hydrogen-bond acceptors (Lipinski definition) is 7. The molecule has 47 heavy (non-hydrogen) atoms. The number of esters is 1. The van der Waals surface area contributed by atoms with Crippen LogP contribution in [0, 0.1) is 12.8 Å². The standard InChI is InChI=1S/C40H34N4O2S/c1-29-23-26-31(27-24-29)37-42-44(34-21-13-6-14-22-34)40(43(37)33-19-11-5-12-20-33)36(38(45)46-2)35(28-25-30-15-7-3-8-16-30)47-39(40)41-32-17-9-4-10-18-32/h3-24,26-28,36H,25H2,1-2H3/b35-28+,41-39?/t36-,40-/m0/s1. The van der Waals surface area contributed by atoms with Crippen LogP contribution in [-0.4, -0.2) is 29.6 Å². The molecule has 7 rings (SSSR count). The summed E-state index contributed by atoms with van der Waals surface area (Å²) < 4.78 is 5.67. The number of rotatable bonds is 7. The molecule has 0 unspecified atom stereocenters. The van der Waals surface area contributed by atoms with E-state index in [-0.39, 0.29) is 5.97 Å². The van der Waals surface area contributed by atoms with Crippen LogP contribution in [0.1, 0.15) is 16.7 Å². The molecule has 2 heterocycles.